The Morgan fingerprint density at radius 1 is 1.26 bits per heavy atom. The molecule has 3 rings (SSSR count). The molecular weight excluding hydrogens is 294 g/mol. The van der Waals surface area contributed by atoms with Crippen molar-refractivity contribution in [3.63, 3.8) is 0 Å². The number of rotatable bonds is 6. The standard InChI is InChI=1S/C18H27NO4/c1-22-18-7-6-15(21)12-17(18)19(9-8-18)13-14-2-4-16(5-3-14)23-11-10-20/h2-5,15,17,20-21H,6-13H2,1H3/t15-,17-,18+/m0/s1. The lowest BCUT2D eigenvalue weighted by Crippen LogP contribution is -2.51. The molecule has 2 fully saturated rings. The Balaban J connectivity index is 1.65. The van der Waals surface area contributed by atoms with E-state index >= 15 is 0 Å². The molecular formula is C18H27NO4. The number of nitrogens with zero attached hydrogens (tertiary/aromatic N) is 1. The number of methoxy groups -OCH3 is 1. The fourth-order valence-corrected chi connectivity index (χ4v) is 4.05. The maximum atomic E-state index is 10.0. The maximum absolute atomic E-state index is 10.0. The minimum absolute atomic E-state index is 0.0264. The SMILES string of the molecule is CO[C@@]12CC[C@H](O)C[C@@H]1N(Cc1ccc(OCCO)cc1)CC2. The Labute approximate surface area is 137 Å². The second-order valence-corrected chi connectivity index (χ2v) is 6.65. The molecule has 0 amide bonds. The number of aliphatic hydroxyl groups is 2. The first kappa shape index (κ1) is 16.7. The van der Waals surface area contributed by atoms with Crippen LogP contribution in [0.25, 0.3) is 0 Å². The Morgan fingerprint density at radius 2 is 2.04 bits per heavy atom. The summed E-state index contributed by atoms with van der Waals surface area (Å²) in [6, 6.07) is 8.32. The van der Waals surface area contributed by atoms with E-state index in [1.54, 1.807) is 0 Å². The van der Waals surface area contributed by atoms with Gasteiger partial charge in [0.15, 0.2) is 0 Å². The average molecular weight is 321 g/mol. The number of benzene rings is 1. The number of likely N-dealkylation sites (tertiary alicyclic amines) is 1. The smallest absolute Gasteiger partial charge is 0.119 e. The molecule has 2 aliphatic rings. The first-order valence-electron chi connectivity index (χ1n) is 8.47. The molecule has 0 aromatic heterocycles. The van der Waals surface area contributed by atoms with Crippen LogP contribution >= 0.6 is 0 Å². The van der Waals surface area contributed by atoms with E-state index in [1.165, 1.54) is 5.56 Å². The Kier molecular flexibility index (Phi) is 5.21. The molecule has 5 heteroatoms. The molecule has 1 aromatic carbocycles. The van der Waals surface area contributed by atoms with Gasteiger partial charge in [0.25, 0.3) is 0 Å². The molecule has 0 radical (unpaired) electrons. The first-order valence-corrected chi connectivity index (χ1v) is 8.47. The van der Waals surface area contributed by atoms with E-state index in [-0.39, 0.29) is 18.3 Å². The van der Waals surface area contributed by atoms with Gasteiger partial charge in [0.05, 0.1) is 18.3 Å². The molecule has 3 atom stereocenters. The maximum Gasteiger partial charge on any atom is 0.119 e. The van der Waals surface area contributed by atoms with E-state index in [0.29, 0.717) is 12.6 Å². The number of hydrogen-bond donors (Lipinski definition) is 2. The summed E-state index contributed by atoms with van der Waals surface area (Å²) in [5.74, 6) is 0.781. The predicted molar refractivity (Wildman–Crippen MR) is 87.4 cm³/mol. The van der Waals surface area contributed by atoms with E-state index in [4.69, 9.17) is 14.6 Å². The van der Waals surface area contributed by atoms with Crippen LogP contribution in [0.4, 0.5) is 0 Å². The highest BCUT2D eigenvalue weighted by atomic mass is 16.5. The van der Waals surface area contributed by atoms with Crippen molar-refractivity contribution < 1.29 is 19.7 Å². The van der Waals surface area contributed by atoms with E-state index in [2.05, 4.69) is 17.0 Å². The third-order valence-corrected chi connectivity index (χ3v) is 5.34. The largest absolute Gasteiger partial charge is 0.491 e. The van der Waals surface area contributed by atoms with Crippen LogP contribution < -0.4 is 4.74 Å². The third-order valence-electron chi connectivity index (χ3n) is 5.34. The van der Waals surface area contributed by atoms with E-state index in [0.717, 1.165) is 44.5 Å². The van der Waals surface area contributed by atoms with E-state index in [9.17, 15) is 5.11 Å². The Morgan fingerprint density at radius 3 is 2.74 bits per heavy atom. The van der Waals surface area contributed by atoms with Gasteiger partial charge in [0, 0.05) is 26.2 Å². The summed E-state index contributed by atoms with van der Waals surface area (Å²) in [5.41, 5.74) is 1.15. The van der Waals surface area contributed by atoms with Gasteiger partial charge in [-0.15, -0.1) is 0 Å². The quantitative estimate of drug-likeness (QED) is 0.833. The number of fused-ring (bicyclic) bond motifs is 1. The van der Waals surface area contributed by atoms with Gasteiger partial charge in [-0.2, -0.15) is 0 Å². The normalized spacial score (nSPS) is 31.1. The zero-order valence-corrected chi connectivity index (χ0v) is 13.8. The molecule has 0 unspecified atom stereocenters. The van der Waals surface area contributed by atoms with Gasteiger partial charge < -0.3 is 19.7 Å². The fraction of sp³-hybridized carbons (Fsp3) is 0.667. The lowest BCUT2D eigenvalue weighted by Gasteiger charge is -2.42. The molecule has 1 aromatic rings. The summed E-state index contributed by atoms with van der Waals surface area (Å²) in [4.78, 5) is 2.44. The molecule has 0 bridgehead atoms. The lowest BCUT2D eigenvalue weighted by molar-refractivity contribution is -0.0879. The van der Waals surface area contributed by atoms with Crippen molar-refractivity contribution in [3.05, 3.63) is 29.8 Å². The van der Waals surface area contributed by atoms with Crippen LogP contribution in [-0.4, -0.2) is 59.7 Å². The molecule has 23 heavy (non-hydrogen) atoms. The van der Waals surface area contributed by atoms with Gasteiger partial charge >= 0.3 is 0 Å². The predicted octanol–water partition coefficient (Wildman–Crippen LogP) is 1.56. The van der Waals surface area contributed by atoms with Crippen molar-refractivity contribution in [2.75, 3.05) is 26.9 Å². The second-order valence-electron chi connectivity index (χ2n) is 6.65. The van der Waals surface area contributed by atoms with Crippen LogP contribution in [-0.2, 0) is 11.3 Å². The van der Waals surface area contributed by atoms with E-state index < -0.39 is 0 Å². The molecule has 1 saturated heterocycles. The van der Waals surface area contributed by atoms with E-state index in [1.807, 2.05) is 19.2 Å². The van der Waals surface area contributed by atoms with Crippen molar-refractivity contribution in [3.8, 4) is 5.75 Å². The third kappa shape index (κ3) is 3.53. The summed E-state index contributed by atoms with van der Waals surface area (Å²) in [5, 5.41) is 18.8. The second kappa shape index (κ2) is 7.18. The average Bonchev–Trinajstić information content (AvgIpc) is 2.93. The zero-order chi connectivity index (χ0) is 16.3. The van der Waals surface area contributed by atoms with Crippen LogP contribution in [0.2, 0.25) is 0 Å². The molecule has 128 valence electrons. The molecule has 1 saturated carbocycles. The van der Waals surface area contributed by atoms with Crippen molar-refractivity contribution in [2.24, 2.45) is 0 Å². The summed E-state index contributed by atoms with van der Waals surface area (Å²) in [6.45, 7) is 2.22. The fourth-order valence-electron chi connectivity index (χ4n) is 4.05. The topological polar surface area (TPSA) is 62.2 Å². The Hall–Kier alpha value is -1.14. The van der Waals surface area contributed by atoms with Gasteiger partial charge in [0.2, 0.25) is 0 Å². The molecule has 1 aliphatic carbocycles. The van der Waals surface area contributed by atoms with Gasteiger partial charge in [-0.25, -0.2) is 0 Å². The minimum atomic E-state index is -0.210. The summed E-state index contributed by atoms with van der Waals surface area (Å²) >= 11 is 0. The van der Waals surface area contributed by atoms with Crippen LogP contribution in [0.1, 0.15) is 31.2 Å². The summed E-state index contributed by atoms with van der Waals surface area (Å²) in [7, 11) is 1.81. The zero-order valence-electron chi connectivity index (χ0n) is 13.8. The van der Waals surface area contributed by atoms with Crippen molar-refractivity contribution in [1.29, 1.82) is 0 Å². The van der Waals surface area contributed by atoms with Crippen molar-refractivity contribution in [1.82, 2.24) is 4.90 Å². The number of ether oxygens (including phenoxy) is 2. The summed E-state index contributed by atoms with van der Waals surface area (Å²) in [6.07, 6.45) is 3.41. The van der Waals surface area contributed by atoms with Crippen LogP contribution in [0, 0.1) is 0 Å². The van der Waals surface area contributed by atoms with Gasteiger partial charge in [-0.1, -0.05) is 12.1 Å². The molecule has 2 N–H and O–H groups in total. The van der Waals surface area contributed by atoms with Crippen LogP contribution in [0.15, 0.2) is 24.3 Å². The minimum Gasteiger partial charge on any atom is -0.491 e. The van der Waals surface area contributed by atoms with Crippen LogP contribution in [0.5, 0.6) is 5.75 Å². The first-order chi connectivity index (χ1) is 11.2. The van der Waals surface area contributed by atoms with Gasteiger partial charge in [0.1, 0.15) is 12.4 Å². The molecule has 1 heterocycles. The Bertz CT molecular complexity index is 506. The highest BCUT2D eigenvalue weighted by molar-refractivity contribution is 5.27. The summed E-state index contributed by atoms with van der Waals surface area (Å²) < 4.78 is 11.3. The van der Waals surface area contributed by atoms with Gasteiger partial charge in [-0.05, 0) is 43.4 Å². The number of hydrogen-bond acceptors (Lipinski definition) is 5. The monoisotopic (exact) mass is 321 g/mol. The number of aliphatic hydroxyl groups excluding tert-OH is 2. The van der Waals surface area contributed by atoms with Crippen molar-refractivity contribution in [2.45, 2.75) is 50.0 Å². The van der Waals surface area contributed by atoms with Gasteiger partial charge in [-0.3, -0.25) is 4.90 Å². The molecule has 1 aliphatic heterocycles. The highest BCUT2D eigenvalue weighted by Crippen LogP contribution is 2.42. The van der Waals surface area contributed by atoms with Crippen molar-refractivity contribution >= 4 is 0 Å². The lowest BCUT2D eigenvalue weighted by atomic mass is 9.79. The van der Waals surface area contributed by atoms with Crippen LogP contribution in [0.3, 0.4) is 0 Å². The highest BCUT2D eigenvalue weighted by Gasteiger charge is 2.50. The molecule has 5 nitrogen and oxygen atoms in total. The molecule has 0 spiro atoms.